The highest BCUT2D eigenvalue weighted by Crippen LogP contribution is 2.20. The summed E-state index contributed by atoms with van der Waals surface area (Å²) in [4.78, 5) is 30.6. The Hall–Kier alpha value is -2.54. The van der Waals surface area contributed by atoms with Gasteiger partial charge in [-0.05, 0) is 25.5 Å². The van der Waals surface area contributed by atoms with Crippen LogP contribution in [0.1, 0.15) is 19.2 Å². The van der Waals surface area contributed by atoms with Crippen LogP contribution in [0.2, 0.25) is 0 Å². The van der Waals surface area contributed by atoms with Crippen molar-refractivity contribution < 1.29 is 5.11 Å². The molecule has 3 aromatic rings. The van der Waals surface area contributed by atoms with Gasteiger partial charge in [0.25, 0.3) is 5.56 Å². The number of nitrogens with one attached hydrogen (secondary N) is 1. The van der Waals surface area contributed by atoms with Crippen molar-refractivity contribution >= 4 is 23.3 Å². The van der Waals surface area contributed by atoms with Gasteiger partial charge in [0, 0.05) is 31.9 Å². The van der Waals surface area contributed by atoms with E-state index in [1.165, 1.54) is 10.6 Å². The molecule has 0 atom stereocenters. The van der Waals surface area contributed by atoms with E-state index >= 15 is 0 Å². The molecular formula is C16H19ClN4O3. The van der Waals surface area contributed by atoms with E-state index in [9.17, 15) is 14.7 Å². The smallest absolute Gasteiger partial charge is 0.328 e. The van der Waals surface area contributed by atoms with Gasteiger partial charge in [-0.2, -0.15) is 0 Å². The Morgan fingerprint density at radius 1 is 1.29 bits per heavy atom. The summed E-state index contributed by atoms with van der Waals surface area (Å²) in [5, 5.41) is 10.3. The third-order valence-corrected chi connectivity index (χ3v) is 3.92. The molecular weight excluding hydrogens is 332 g/mol. The Balaban J connectivity index is 0.00000208. The largest absolute Gasteiger partial charge is 0.506 e. The molecule has 0 aliphatic heterocycles. The van der Waals surface area contributed by atoms with Crippen molar-refractivity contribution in [1.29, 1.82) is 0 Å². The zero-order valence-corrected chi connectivity index (χ0v) is 14.0. The van der Waals surface area contributed by atoms with Crippen LogP contribution in [0.5, 0.6) is 5.75 Å². The number of aromatic amines is 1. The lowest BCUT2D eigenvalue weighted by Gasteiger charge is -2.11. The number of phenols is 1. The summed E-state index contributed by atoms with van der Waals surface area (Å²) in [6, 6.07) is 4.65. The molecule has 2 heterocycles. The van der Waals surface area contributed by atoms with Crippen LogP contribution in [0.15, 0.2) is 40.2 Å². The number of nitrogens with zero attached hydrogens (tertiary/aromatic N) is 3. The molecule has 24 heavy (non-hydrogen) atoms. The van der Waals surface area contributed by atoms with E-state index in [4.69, 9.17) is 0 Å². The van der Waals surface area contributed by atoms with E-state index in [2.05, 4.69) is 9.97 Å². The topological polar surface area (TPSA) is 92.9 Å². The van der Waals surface area contributed by atoms with Gasteiger partial charge in [-0.25, -0.2) is 9.78 Å². The number of aromatic nitrogens is 4. The van der Waals surface area contributed by atoms with Gasteiger partial charge < -0.3 is 9.67 Å². The fourth-order valence-corrected chi connectivity index (χ4v) is 2.80. The van der Waals surface area contributed by atoms with E-state index < -0.39 is 11.2 Å². The second kappa shape index (κ2) is 7.35. The standard InChI is InChI=1S/C16H18N4O3.ClH/c1-2-19-10-8-17-13(19)7-4-9-20-14-11(5-3-6-12(14)21)15(22)18-16(20)23;/h3,5-6,8,10,21H,2,4,7,9H2,1H3,(H,18,22,23);1H. The van der Waals surface area contributed by atoms with Gasteiger partial charge in [0.2, 0.25) is 0 Å². The van der Waals surface area contributed by atoms with Crippen LogP contribution in [0.3, 0.4) is 0 Å². The molecule has 0 fully saturated rings. The van der Waals surface area contributed by atoms with Crippen LogP contribution < -0.4 is 11.2 Å². The van der Waals surface area contributed by atoms with Crippen LogP contribution in [0.4, 0.5) is 0 Å². The zero-order chi connectivity index (χ0) is 16.4. The number of fused-ring (bicyclic) bond motifs is 1. The Morgan fingerprint density at radius 3 is 2.83 bits per heavy atom. The monoisotopic (exact) mass is 350 g/mol. The molecule has 0 aliphatic rings. The van der Waals surface area contributed by atoms with Crippen LogP contribution in [0.25, 0.3) is 10.9 Å². The highest BCUT2D eigenvalue weighted by atomic mass is 35.5. The molecule has 0 radical (unpaired) electrons. The van der Waals surface area contributed by atoms with E-state index in [0.29, 0.717) is 24.8 Å². The predicted molar refractivity (Wildman–Crippen MR) is 94.0 cm³/mol. The molecule has 2 N–H and O–H groups in total. The predicted octanol–water partition coefficient (Wildman–Crippen LogP) is 1.67. The number of aryl methyl sites for hydroxylation is 3. The summed E-state index contributed by atoms with van der Waals surface area (Å²) in [5.74, 6) is 0.888. The van der Waals surface area contributed by atoms with Crippen molar-refractivity contribution in [3.05, 3.63) is 57.3 Å². The number of aromatic hydroxyl groups is 1. The molecule has 7 nitrogen and oxygen atoms in total. The van der Waals surface area contributed by atoms with Crippen molar-refractivity contribution in [3.8, 4) is 5.75 Å². The fraction of sp³-hybridized carbons (Fsp3) is 0.312. The molecule has 0 aliphatic carbocycles. The molecule has 3 rings (SSSR count). The summed E-state index contributed by atoms with van der Waals surface area (Å²) in [6.45, 7) is 3.28. The molecule has 0 saturated heterocycles. The minimum atomic E-state index is -0.511. The summed E-state index contributed by atoms with van der Waals surface area (Å²) in [6.07, 6.45) is 5.06. The van der Waals surface area contributed by atoms with E-state index in [0.717, 1.165) is 12.4 Å². The number of phenolic OH excluding ortho intramolecular Hbond substituents is 1. The fourth-order valence-electron chi connectivity index (χ4n) is 2.80. The molecule has 128 valence electrons. The van der Waals surface area contributed by atoms with E-state index in [1.54, 1.807) is 18.3 Å². The first-order chi connectivity index (χ1) is 11.1. The minimum absolute atomic E-state index is 0. The Labute approximate surface area is 144 Å². The summed E-state index contributed by atoms with van der Waals surface area (Å²) in [5.41, 5.74) is -0.721. The van der Waals surface area contributed by atoms with Gasteiger partial charge in [0.1, 0.15) is 17.1 Å². The SMILES string of the molecule is CCn1ccnc1CCCn1c(=O)[nH]c(=O)c2cccc(O)c21.Cl. The van der Waals surface area contributed by atoms with Crippen molar-refractivity contribution in [2.75, 3.05) is 0 Å². The molecule has 0 unspecified atom stereocenters. The van der Waals surface area contributed by atoms with Crippen LogP contribution in [-0.4, -0.2) is 24.2 Å². The lowest BCUT2D eigenvalue weighted by Crippen LogP contribution is -2.30. The Morgan fingerprint density at radius 2 is 2.08 bits per heavy atom. The van der Waals surface area contributed by atoms with Crippen molar-refractivity contribution in [3.63, 3.8) is 0 Å². The number of para-hydroxylation sites is 1. The number of H-pyrrole nitrogens is 1. The van der Waals surface area contributed by atoms with Gasteiger partial charge in [-0.3, -0.25) is 14.3 Å². The highest BCUT2D eigenvalue weighted by Gasteiger charge is 2.11. The van der Waals surface area contributed by atoms with Crippen LogP contribution >= 0.6 is 12.4 Å². The van der Waals surface area contributed by atoms with Gasteiger partial charge >= 0.3 is 5.69 Å². The Kier molecular flexibility index (Phi) is 5.46. The number of imidazole rings is 1. The lowest BCUT2D eigenvalue weighted by atomic mass is 10.2. The van der Waals surface area contributed by atoms with Crippen molar-refractivity contribution in [2.45, 2.75) is 32.9 Å². The molecule has 0 amide bonds. The summed E-state index contributed by atoms with van der Waals surface area (Å²) in [7, 11) is 0. The third-order valence-electron chi connectivity index (χ3n) is 3.92. The molecule has 0 bridgehead atoms. The van der Waals surface area contributed by atoms with Gasteiger partial charge in [0.05, 0.1) is 5.39 Å². The first-order valence-electron chi connectivity index (χ1n) is 7.56. The highest BCUT2D eigenvalue weighted by molar-refractivity contribution is 5.85. The molecule has 8 heteroatoms. The lowest BCUT2D eigenvalue weighted by molar-refractivity contribution is 0.474. The van der Waals surface area contributed by atoms with Crippen molar-refractivity contribution in [1.82, 2.24) is 19.1 Å². The molecule has 0 saturated carbocycles. The first kappa shape index (κ1) is 17.8. The number of hydrogen-bond acceptors (Lipinski definition) is 4. The second-order valence-electron chi connectivity index (χ2n) is 5.32. The molecule has 2 aromatic heterocycles. The maximum absolute atomic E-state index is 12.1. The Bertz CT molecular complexity index is 958. The van der Waals surface area contributed by atoms with Crippen LogP contribution in [-0.2, 0) is 19.5 Å². The molecule has 0 spiro atoms. The first-order valence-corrected chi connectivity index (χ1v) is 7.56. The summed E-state index contributed by atoms with van der Waals surface area (Å²) < 4.78 is 3.45. The number of rotatable bonds is 5. The second-order valence-corrected chi connectivity index (χ2v) is 5.32. The quantitative estimate of drug-likeness (QED) is 0.732. The van der Waals surface area contributed by atoms with Gasteiger partial charge in [-0.15, -0.1) is 12.4 Å². The normalized spacial score (nSPS) is 10.7. The van der Waals surface area contributed by atoms with E-state index in [-0.39, 0.29) is 23.7 Å². The number of halogens is 1. The average molecular weight is 351 g/mol. The van der Waals surface area contributed by atoms with Crippen LogP contribution in [0, 0.1) is 0 Å². The number of benzene rings is 1. The van der Waals surface area contributed by atoms with E-state index in [1.807, 2.05) is 17.7 Å². The maximum atomic E-state index is 12.1. The third kappa shape index (κ3) is 3.21. The zero-order valence-electron chi connectivity index (χ0n) is 13.2. The van der Waals surface area contributed by atoms with Gasteiger partial charge in [-0.1, -0.05) is 6.07 Å². The van der Waals surface area contributed by atoms with Crippen molar-refractivity contribution in [2.24, 2.45) is 0 Å². The molecule has 1 aromatic carbocycles. The minimum Gasteiger partial charge on any atom is -0.506 e. The van der Waals surface area contributed by atoms with Gasteiger partial charge in [0.15, 0.2) is 0 Å². The summed E-state index contributed by atoms with van der Waals surface area (Å²) >= 11 is 0. The number of hydrogen-bond donors (Lipinski definition) is 2. The maximum Gasteiger partial charge on any atom is 0.328 e. The average Bonchev–Trinajstić information content (AvgIpc) is 2.98.